The van der Waals surface area contributed by atoms with Crippen molar-refractivity contribution in [2.75, 3.05) is 13.1 Å². The second-order valence-electron chi connectivity index (χ2n) is 7.48. The van der Waals surface area contributed by atoms with Crippen LogP contribution < -0.4 is 4.74 Å². The molecule has 0 atom stereocenters. The van der Waals surface area contributed by atoms with Crippen LogP contribution in [0.2, 0.25) is 0 Å². The van der Waals surface area contributed by atoms with Crippen molar-refractivity contribution in [2.24, 2.45) is 0 Å². The van der Waals surface area contributed by atoms with E-state index >= 15 is 0 Å². The zero-order valence-corrected chi connectivity index (χ0v) is 16.8. The van der Waals surface area contributed by atoms with Crippen LogP contribution in [0.3, 0.4) is 0 Å². The van der Waals surface area contributed by atoms with Crippen LogP contribution in [0.1, 0.15) is 40.5 Å². The number of nitrogens with zero attached hydrogens (tertiary/aromatic N) is 3. The van der Waals surface area contributed by atoms with Crippen LogP contribution in [0, 0.1) is 24.4 Å². The van der Waals surface area contributed by atoms with Gasteiger partial charge in [-0.15, -0.1) is 0 Å². The minimum Gasteiger partial charge on any atom is -0.454 e. The molecule has 1 aliphatic heterocycles. The Morgan fingerprint density at radius 1 is 0.968 bits per heavy atom. The maximum atomic E-state index is 14.6. The molecule has 0 N–H and O–H groups in total. The normalized spacial score (nSPS) is 14.5. The molecule has 8 heteroatoms. The van der Waals surface area contributed by atoms with Gasteiger partial charge in [0.2, 0.25) is 0 Å². The second-order valence-corrected chi connectivity index (χ2v) is 7.48. The summed E-state index contributed by atoms with van der Waals surface area (Å²) in [5.41, 5.74) is 1.36. The quantitative estimate of drug-likeness (QED) is 0.587. The molecule has 1 saturated heterocycles. The van der Waals surface area contributed by atoms with E-state index in [0.29, 0.717) is 25.9 Å². The highest BCUT2D eigenvalue weighted by Crippen LogP contribution is 2.30. The highest BCUT2D eigenvalue weighted by Gasteiger charge is 2.28. The lowest BCUT2D eigenvalue weighted by atomic mass is 9.93. The lowest BCUT2D eigenvalue weighted by molar-refractivity contribution is 0.0706. The molecular weight excluding hydrogens is 407 g/mol. The largest absolute Gasteiger partial charge is 0.454 e. The van der Waals surface area contributed by atoms with Gasteiger partial charge in [-0.1, -0.05) is 0 Å². The van der Waals surface area contributed by atoms with Gasteiger partial charge in [0.1, 0.15) is 17.4 Å². The van der Waals surface area contributed by atoms with Gasteiger partial charge < -0.3 is 9.64 Å². The van der Waals surface area contributed by atoms with E-state index in [4.69, 9.17) is 4.74 Å². The topological polar surface area (TPSA) is 55.3 Å². The van der Waals surface area contributed by atoms with Gasteiger partial charge in [-0.3, -0.25) is 4.79 Å². The minimum absolute atomic E-state index is 0.153. The number of halogens is 3. The summed E-state index contributed by atoms with van der Waals surface area (Å²) >= 11 is 0. The van der Waals surface area contributed by atoms with Crippen molar-refractivity contribution in [3.63, 3.8) is 0 Å². The number of ether oxygens (including phenoxy) is 1. The Morgan fingerprint density at radius 3 is 2.32 bits per heavy atom. The fourth-order valence-corrected chi connectivity index (χ4v) is 3.58. The Kier molecular flexibility index (Phi) is 5.88. The summed E-state index contributed by atoms with van der Waals surface area (Å²) in [5.74, 6) is -2.85. The number of carbonyl (C=O) groups is 1. The molecule has 0 bridgehead atoms. The summed E-state index contributed by atoms with van der Waals surface area (Å²) in [6.45, 7) is 2.68. The van der Waals surface area contributed by atoms with Crippen molar-refractivity contribution in [1.29, 1.82) is 0 Å². The Hall–Kier alpha value is -3.42. The molecular formula is C23H20F3N3O2. The third-order valence-corrected chi connectivity index (χ3v) is 5.31. The molecule has 160 valence electrons. The number of aromatic nitrogens is 2. The highest BCUT2D eigenvalue weighted by atomic mass is 19.1. The van der Waals surface area contributed by atoms with Crippen LogP contribution in [0.4, 0.5) is 13.2 Å². The first-order valence-corrected chi connectivity index (χ1v) is 9.92. The molecule has 1 aliphatic rings. The van der Waals surface area contributed by atoms with Gasteiger partial charge >= 0.3 is 0 Å². The summed E-state index contributed by atoms with van der Waals surface area (Å²) in [7, 11) is 0. The van der Waals surface area contributed by atoms with E-state index in [1.807, 2.05) is 19.1 Å². The van der Waals surface area contributed by atoms with Crippen LogP contribution in [-0.4, -0.2) is 34.1 Å². The molecule has 1 fully saturated rings. The zero-order chi connectivity index (χ0) is 22.0. The Bertz CT molecular complexity index is 1080. The van der Waals surface area contributed by atoms with Crippen molar-refractivity contribution in [1.82, 2.24) is 15.1 Å². The molecule has 0 spiro atoms. The number of rotatable bonds is 4. The molecule has 2 heterocycles. The van der Waals surface area contributed by atoms with E-state index in [0.717, 1.165) is 35.7 Å². The van der Waals surface area contributed by atoms with Crippen molar-refractivity contribution >= 4 is 5.91 Å². The van der Waals surface area contributed by atoms with Crippen molar-refractivity contribution < 1.29 is 22.7 Å². The van der Waals surface area contributed by atoms with Gasteiger partial charge in [-0.2, -0.15) is 10.2 Å². The summed E-state index contributed by atoms with van der Waals surface area (Å²) in [4.78, 5) is 14.3. The molecule has 4 rings (SSSR count). The van der Waals surface area contributed by atoms with Crippen LogP contribution in [0.5, 0.6) is 11.5 Å². The fraction of sp³-hybridized carbons (Fsp3) is 0.261. The Balaban J connectivity index is 1.44. The first kappa shape index (κ1) is 20.8. The van der Waals surface area contributed by atoms with E-state index in [9.17, 15) is 18.0 Å². The molecule has 1 aromatic heterocycles. The summed E-state index contributed by atoms with van der Waals surface area (Å²) in [5, 5.41) is 8.27. The maximum Gasteiger partial charge on any atom is 0.256 e. The molecule has 31 heavy (non-hydrogen) atoms. The number of piperidine rings is 1. The van der Waals surface area contributed by atoms with Crippen LogP contribution in [-0.2, 0) is 0 Å². The van der Waals surface area contributed by atoms with Crippen LogP contribution in [0.15, 0.2) is 48.5 Å². The van der Waals surface area contributed by atoms with Crippen LogP contribution >= 0.6 is 0 Å². The first-order valence-electron chi connectivity index (χ1n) is 9.92. The number of hydrogen-bond donors (Lipinski definition) is 0. The third kappa shape index (κ3) is 4.68. The highest BCUT2D eigenvalue weighted by molar-refractivity contribution is 5.94. The molecule has 5 nitrogen and oxygen atoms in total. The average molecular weight is 427 g/mol. The smallest absolute Gasteiger partial charge is 0.256 e. The van der Waals surface area contributed by atoms with Gasteiger partial charge in [0.15, 0.2) is 11.6 Å². The predicted molar refractivity (Wildman–Crippen MR) is 107 cm³/mol. The van der Waals surface area contributed by atoms with E-state index < -0.39 is 23.4 Å². The molecule has 0 aliphatic carbocycles. The average Bonchev–Trinajstić information content (AvgIpc) is 2.78. The molecule has 3 aromatic rings. The maximum absolute atomic E-state index is 14.6. The number of hydrogen-bond acceptors (Lipinski definition) is 4. The standard InChI is InChI=1S/C23H20F3N3O2/c1-14-2-7-21(28-27-14)15-8-10-29(11-9-15)23(30)18-12-20(26)22(13-19(18)25)31-17-5-3-16(24)4-6-17/h2-7,12-13,15H,8-11H2,1H3. The summed E-state index contributed by atoms with van der Waals surface area (Å²) in [6.07, 6.45) is 1.33. The number of amides is 1. The molecule has 1 amide bonds. The lowest BCUT2D eigenvalue weighted by Crippen LogP contribution is -2.38. The van der Waals surface area contributed by atoms with Gasteiger partial charge in [-0.05, 0) is 62.2 Å². The number of aryl methyl sites for hydroxylation is 1. The van der Waals surface area contributed by atoms with E-state index in [-0.39, 0.29) is 23.0 Å². The lowest BCUT2D eigenvalue weighted by Gasteiger charge is -2.31. The van der Waals surface area contributed by atoms with Crippen molar-refractivity contribution in [3.05, 3.63) is 82.9 Å². The van der Waals surface area contributed by atoms with Gasteiger partial charge in [0.25, 0.3) is 5.91 Å². The SMILES string of the molecule is Cc1ccc(C2CCN(C(=O)c3cc(F)c(Oc4ccc(F)cc4)cc3F)CC2)nn1. The number of benzene rings is 2. The van der Waals surface area contributed by atoms with Gasteiger partial charge in [0.05, 0.1) is 17.0 Å². The third-order valence-electron chi connectivity index (χ3n) is 5.31. The summed E-state index contributed by atoms with van der Waals surface area (Å²) < 4.78 is 47.4. The second kappa shape index (κ2) is 8.75. The Morgan fingerprint density at radius 2 is 1.68 bits per heavy atom. The molecule has 2 aromatic carbocycles. The summed E-state index contributed by atoms with van der Waals surface area (Å²) in [6, 6.07) is 10.4. The van der Waals surface area contributed by atoms with Gasteiger partial charge in [0, 0.05) is 25.1 Å². The minimum atomic E-state index is -0.880. The molecule has 0 radical (unpaired) electrons. The fourth-order valence-electron chi connectivity index (χ4n) is 3.58. The molecule has 0 unspecified atom stereocenters. The number of carbonyl (C=O) groups excluding carboxylic acids is 1. The van der Waals surface area contributed by atoms with Crippen LogP contribution in [0.25, 0.3) is 0 Å². The zero-order valence-electron chi connectivity index (χ0n) is 16.8. The monoisotopic (exact) mass is 427 g/mol. The van der Waals surface area contributed by atoms with Crippen molar-refractivity contribution in [2.45, 2.75) is 25.7 Å². The van der Waals surface area contributed by atoms with Crippen molar-refractivity contribution in [3.8, 4) is 11.5 Å². The van der Waals surface area contributed by atoms with Gasteiger partial charge in [-0.25, -0.2) is 13.2 Å². The first-order chi connectivity index (χ1) is 14.9. The molecule has 0 saturated carbocycles. The number of likely N-dealkylation sites (tertiary alicyclic amines) is 1. The van der Waals surface area contributed by atoms with E-state index in [1.165, 1.54) is 17.0 Å². The van der Waals surface area contributed by atoms with E-state index in [2.05, 4.69) is 10.2 Å². The Labute approximate surface area is 177 Å². The van der Waals surface area contributed by atoms with E-state index in [1.54, 1.807) is 0 Å². The predicted octanol–water partition coefficient (Wildman–Crippen LogP) is 5.01.